The number of carbonyl (C=O) groups excluding carboxylic acids is 1. The second-order valence-electron chi connectivity index (χ2n) is 5.35. The quantitative estimate of drug-likeness (QED) is 0.585. The third-order valence-corrected chi connectivity index (χ3v) is 3.67. The summed E-state index contributed by atoms with van der Waals surface area (Å²) in [5.41, 5.74) is 2.96. The van der Waals surface area contributed by atoms with Crippen molar-refractivity contribution in [2.75, 3.05) is 27.4 Å². The zero-order valence-corrected chi connectivity index (χ0v) is 16.5. The Bertz CT molecular complexity index is 557. The Morgan fingerprint density at radius 3 is 2.73 bits per heavy atom. The van der Waals surface area contributed by atoms with Crippen molar-refractivity contribution in [2.24, 2.45) is 5.92 Å². The molecule has 1 amide bonds. The van der Waals surface area contributed by atoms with E-state index in [9.17, 15) is 4.79 Å². The predicted octanol–water partition coefficient (Wildman–Crippen LogP) is 2.66. The second-order valence-corrected chi connectivity index (χ2v) is 5.35. The fraction of sp³-hybridized carbons (Fsp3) is 0.471. The average Bonchev–Trinajstić information content (AvgIpc) is 2.46. The molecule has 1 heterocycles. The summed E-state index contributed by atoms with van der Waals surface area (Å²) in [4.78, 5) is 13.8. The Labute approximate surface area is 157 Å². The van der Waals surface area contributed by atoms with Gasteiger partial charge in [-0.25, -0.2) is 6.08 Å². The van der Waals surface area contributed by atoms with Gasteiger partial charge in [0.2, 0.25) is 5.91 Å². The average molecular weight is 377 g/mol. The number of amides is 1. The molecule has 0 N–H and O–H groups in total. The number of hydrogen-bond acceptors (Lipinski definition) is 3. The number of benzene rings is 1. The maximum atomic E-state index is 12.1. The van der Waals surface area contributed by atoms with Gasteiger partial charge in [-0.3, -0.25) is 4.79 Å². The summed E-state index contributed by atoms with van der Waals surface area (Å²) in [5, 5.41) is 0. The van der Waals surface area contributed by atoms with E-state index in [1.807, 2.05) is 39.1 Å². The predicted molar refractivity (Wildman–Crippen MR) is 81.8 cm³/mol. The van der Waals surface area contributed by atoms with Crippen LogP contribution in [0.2, 0.25) is 0 Å². The van der Waals surface area contributed by atoms with E-state index >= 15 is 0 Å². The Morgan fingerprint density at radius 1 is 1.36 bits per heavy atom. The normalized spacial score (nSPS) is 17.8. The van der Waals surface area contributed by atoms with Gasteiger partial charge in [0.1, 0.15) is 12.4 Å². The van der Waals surface area contributed by atoms with Crippen LogP contribution in [0.25, 0.3) is 5.70 Å². The standard InChI is InChI=1S/C17H22NO3.Y/c1-12-5-8-16(18(3)17(12)19)15-7-6-14(11-13(15)2)21-10-9-20-4;/h6-7,11-12H,5,9-10H2,1-4H3;/q-1;. The van der Waals surface area contributed by atoms with Gasteiger partial charge in [0, 0.05) is 52.8 Å². The summed E-state index contributed by atoms with van der Waals surface area (Å²) >= 11 is 0. The number of rotatable bonds is 5. The Hall–Kier alpha value is -0.706. The van der Waals surface area contributed by atoms with E-state index in [0.29, 0.717) is 19.6 Å². The third kappa shape index (κ3) is 4.40. The van der Waals surface area contributed by atoms with Crippen LogP contribution in [0.3, 0.4) is 0 Å². The summed E-state index contributed by atoms with van der Waals surface area (Å²) < 4.78 is 10.6. The first-order chi connectivity index (χ1) is 10.0. The largest absolute Gasteiger partial charge is 0.491 e. The molecular weight excluding hydrogens is 355 g/mol. The van der Waals surface area contributed by atoms with Crippen molar-refractivity contribution in [1.29, 1.82) is 0 Å². The van der Waals surface area contributed by atoms with Crippen molar-refractivity contribution in [3.05, 3.63) is 35.4 Å². The molecule has 0 aromatic heterocycles. The molecule has 117 valence electrons. The van der Waals surface area contributed by atoms with Crippen LogP contribution in [-0.4, -0.2) is 38.2 Å². The van der Waals surface area contributed by atoms with Crippen LogP contribution in [0, 0.1) is 18.9 Å². The van der Waals surface area contributed by atoms with E-state index in [0.717, 1.165) is 22.6 Å². The van der Waals surface area contributed by atoms with Crippen molar-refractivity contribution >= 4 is 11.6 Å². The smallest absolute Gasteiger partial charge is 0.225 e. The SMILES string of the molecule is COCCOc1ccc(C2=[C-]CC(C)C(=O)N2C)c(C)c1.[Y]. The zero-order valence-electron chi connectivity index (χ0n) is 13.7. The van der Waals surface area contributed by atoms with E-state index in [1.165, 1.54) is 0 Å². The molecule has 2 rings (SSSR count). The van der Waals surface area contributed by atoms with Gasteiger partial charge in [-0.2, -0.15) is 0 Å². The maximum absolute atomic E-state index is 12.1. The molecule has 0 saturated carbocycles. The molecule has 1 atom stereocenters. The molecule has 22 heavy (non-hydrogen) atoms. The second kappa shape index (κ2) is 8.80. The van der Waals surface area contributed by atoms with Crippen molar-refractivity contribution in [3.63, 3.8) is 0 Å². The van der Waals surface area contributed by atoms with Gasteiger partial charge >= 0.3 is 0 Å². The van der Waals surface area contributed by atoms with Crippen LogP contribution >= 0.6 is 0 Å². The fourth-order valence-electron chi connectivity index (χ4n) is 2.41. The number of aryl methyl sites for hydroxylation is 1. The van der Waals surface area contributed by atoms with Crippen LogP contribution in [0.5, 0.6) is 5.75 Å². The molecule has 1 aliphatic rings. The number of carbonyl (C=O) groups is 1. The molecule has 0 aliphatic carbocycles. The molecule has 0 bridgehead atoms. The first-order valence-electron chi connectivity index (χ1n) is 7.15. The summed E-state index contributed by atoms with van der Waals surface area (Å²) in [6, 6.07) is 5.89. The van der Waals surface area contributed by atoms with Gasteiger partial charge < -0.3 is 14.4 Å². The van der Waals surface area contributed by atoms with Gasteiger partial charge in [-0.15, -0.1) is 22.9 Å². The van der Waals surface area contributed by atoms with Crippen molar-refractivity contribution in [2.45, 2.75) is 20.3 Å². The monoisotopic (exact) mass is 377 g/mol. The maximum Gasteiger partial charge on any atom is 0.225 e. The minimum absolute atomic E-state index is 0. The minimum atomic E-state index is 0. The molecule has 0 fully saturated rings. The summed E-state index contributed by atoms with van der Waals surface area (Å²) in [6.07, 6.45) is 4.01. The summed E-state index contributed by atoms with van der Waals surface area (Å²) in [6.45, 7) is 5.04. The summed E-state index contributed by atoms with van der Waals surface area (Å²) in [5.74, 6) is 0.964. The molecule has 1 aromatic rings. The van der Waals surface area contributed by atoms with Crippen molar-refractivity contribution in [3.8, 4) is 5.75 Å². The Morgan fingerprint density at radius 2 is 2.09 bits per heavy atom. The molecule has 0 spiro atoms. The zero-order chi connectivity index (χ0) is 15.4. The Kier molecular flexibility index (Phi) is 7.74. The first kappa shape index (κ1) is 19.3. The molecule has 1 unspecified atom stereocenters. The van der Waals surface area contributed by atoms with Crippen molar-refractivity contribution in [1.82, 2.24) is 4.90 Å². The number of nitrogens with zero attached hydrogens (tertiary/aromatic N) is 1. The van der Waals surface area contributed by atoms with Gasteiger partial charge in [-0.1, -0.05) is 20.3 Å². The van der Waals surface area contributed by atoms with E-state index < -0.39 is 0 Å². The fourth-order valence-corrected chi connectivity index (χ4v) is 2.41. The molecule has 5 heteroatoms. The van der Waals surface area contributed by atoms with Gasteiger partial charge in [0.05, 0.1) is 6.61 Å². The van der Waals surface area contributed by atoms with Crippen LogP contribution in [0.1, 0.15) is 24.5 Å². The van der Waals surface area contributed by atoms with Gasteiger partial charge in [0.25, 0.3) is 0 Å². The van der Waals surface area contributed by atoms with Crippen LogP contribution in [-0.2, 0) is 42.2 Å². The molecular formula is C17H22NO3Y-. The minimum Gasteiger partial charge on any atom is -0.491 e. The third-order valence-electron chi connectivity index (χ3n) is 3.67. The topological polar surface area (TPSA) is 38.8 Å². The van der Waals surface area contributed by atoms with E-state index in [1.54, 1.807) is 12.0 Å². The first-order valence-corrected chi connectivity index (χ1v) is 7.15. The number of hydrogen-bond donors (Lipinski definition) is 0. The molecule has 1 radical (unpaired) electrons. The van der Waals surface area contributed by atoms with Crippen molar-refractivity contribution < 1.29 is 47.0 Å². The van der Waals surface area contributed by atoms with Crippen LogP contribution in [0.4, 0.5) is 0 Å². The Balaban J connectivity index is 0.00000242. The van der Waals surface area contributed by atoms with E-state index in [-0.39, 0.29) is 44.5 Å². The molecule has 4 nitrogen and oxygen atoms in total. The van der Waals surface area contributed by atoms with E-state index in [2.05, 4.69) is 6.08 Å². The van der Waals surface area contributed by atoms with Crippen LogP contribution < -0.4 is 4.74 Å². The van der Waals surface area contributed by atoms with Crippen LogP contribution in [0.15, 0.2) is 18.2 Å². The number of allylic oxidation sites excluding steroid dienone is 1. The molecule has 1 aromatic carbocycles. The number of ether oxygens (including phenoxy) is 2. The van der Waals surface area contributed by atoms with Gasteiger partial charge in [0.15, 0.2) is 0 Å². The number of methoxy groups -OCH3 is 1. The van der Waals surface area contributed by atoms with E-state index in [4.69, 9.17) is 9.47 Å². The van der Waals surface area contributed by atoms with Gasteiger partial charge in [-0.05, 0) is 12.1 Å². The molecule has 0 saturated heterocycles. The summed E-state index contributed by atoms with van der Waals surface area (Å²) in [7, 11) is 3.46. The molecule has 1 aliphatic heterocycles.